The van der Waals surface area contributed by atoms with Crippen molar-refractivity contribution >= 4 is 17.3 Å². The van der Waals surface area contributed by atoms with Crippen molar-refractivity contribution in [1.82, 2.24) is 5.32 Å². The van der Waals surface area contributed by atoms with Crippen LogP contribution in [0.5, 0.6) is 17.2 Å². The molecule has 1 fully saturated rings. The lowest BCUT2D eigenvalue weighted by Crippen LogP contribution is -2.41. The molecule has 3 N–H and O–H groups in total. The number of benzene rings is 1. The van der Waals surface area contributed by atoms with Crippen molar-refractivity contribution < 1.29 is 34.1 Å². The quantitative estimate of drug-likeness (QED) is 0.194. The summed E-state index contributed by atoms with van der Waals surface area (Å²) in [5.41, 5.74) is -1.10. The first-order valence-corrected chi connectivity index (χ1v) is 14.8. The van der Waals surface area contributed by atoms with E-state index in [1.54, 1.807) is 13.8 Å². The summed E-state index contributed by atoms with van der Waals surface area (Å²) in [5, 5.41) is 24.9. The zero-order chi connectivity index (χ0) is 30.4. The molecule has 1 aromatic rings. The van der Waals surface area contributed by atoms with Crippen molar-refractivity contribution in [2.24, 2.45) is 17.8 Å². The van der Waals surface area contributed by atoms with Gasteiger partial charge in [-0.25, -0.2) is 0 Å². The number of Topliss-reactive ketones (excluding diaryl/α,β-unsaturated/α-hetero) is 2. The first-order valence-electron chi connectivity index (χ1n) is 14.8. The van der Waals surface area contributed by atoms with Crippen LogP contribution in [0.15, 0.2) is 23.1 Å². The maximum Gasteiger partial charge on any atom is 0.194 e. The van der Waals surface area contributed by atoms with E-state index in [2.05, 4.69) is 33.0 Å². The second-order valence-corrected chi connectivity index (χ2v) is 13.2. The van der Waals surface area contributed by atoms with Crippen molar-refractivity contribution in [1.29, 1.82) is 0 Å². The summed E-state index contributed by atoms with van der Waals surface area (Å²) >= 11 is 0. The number of ketones is 3. The average Bonchev–Trinajstić information content (AvgIpc) is 3.16. The Bertz CT molecular complexity index is 1340. The Morgan fingerprint density at radius 2 is 1.78 bits per heavy atom. The maximum atomic E-state index is 14.1. The van der Waals surface area contributed by atoms with E-state index >= 15 is 0 Å². The van der Waals surface area contributed by atoms with Crippen molar-refractivity contribution in [3.8, 4) is 17.2 Å². The Kier molecular flexibility index (Phi) is 8.47. The van der Waals surface area contributed by atoms with Gasteiger partial charge >= 0.3 is 0 Å². The summed E-state index contributed by atoms with van der Waals surface area (Å²) in [6, 6.07) is 0. The zero-order valence-electron chi connectivity index (χ0n) is 25.7. The normalized spacial score (nSPS) is 25.3. The van der Waals surface area contributed by atoms with Crippen LogP contribution >= 0.6 is 0 Å². The Morgan fingerprint density at radius 1 is 1.10 bits per heavy atom. The Labute approximate surface area is 243 Å². The fourth-order valence-corrected chi connectivity index (χ4v) is 6.74. The molecule has 1 aliphatic carbocycles. The number of ether oxygens (including phenoxy) is 2. The van der Waals surface area contributed by atoms with E-state index in [0.29, 0.717) is 30.0 Å². The number of hydrogen-bond acceptors (Lipinski definition) is 8. The molecular weight excluding hydrogens is 522 g/mol. The molecule has 2 heterocycles. The zero-order valence-corrected chi connectivity index (χ0v) is 25.7. The fraction of sp³-hybridized carbons (Fsp3) is 0.606. The molecule has 4 rings (SSSR count). The van der Waals surface area contributed by atoms with E-state index in [1.807, 2.05) is 0 Å². The number of carbonyl (C=O) groups excluding carboxylic acids is 3. The predicted octanol–water partition coefficient (Wildman–Crippen LogP) is 5.81. The second kappa shape index (κ2) is 11.3. The molecule has 0 unspecified atom stereocenters. The lowest BCUT2D eigenvalue weighted by molar-refractivity contribution is -0.123. The highest BCUT2D eigenvalue weighted by Gasteiger charge is 2.56. The van der Waals surface area contributed by atoms with Crippen molar-refractivity contribution in [2.75, 3.05) is 13.2 Å². The minimum absolute atomic E-state index is 0.00753. The molecule has 3 atom stereocenters. The van der Waals surface area contributed by atoms with E-state index < -0.39 is 28.5 Å². The van der Waals surface area contributed by atoms with E-state index in [9.17, 15) is 24.6 Å². The van der Waals surface area contributed by atoms with Gasteiger partial charge in [0.2, 0.25) is 0 Å². The van der Waals surface area contributed by atoms with E-state index in [-0.39, 0.29) is 45.1 Å². The van der Waals surface area contributed by atoms with Crippen LogP contribution in [0.25, 0.3) is 0 Å². The van der Waals surface area contributed by atoms with Crippen LogP contribution in [-0.2, 0) is 19.7 Å². The molecule has 0 aromatic heterocycles. The van der Waals surface area contributed by atoms with Crippen LogP contribution in [0.4, 0.5) is 0 Å². The van der Waals surface area contributed by atoms with Crippen LogP contribution in [0.1, 0.15) is 102 Å². The van der Waals surface area contributed by atoms with Gasteiger partial charge in [-0.05, 0) is 85.0 Å². The van der Waals surface area contributed by atoms with Gasteiger partial charge in [0.1, 0.15) is 34.0 Å². The summed E-state index contributed by atoms with van der Waals surface area (Å²) in [6.07, 6.45) is 6.48. The van der Waals surface area contributed by atoms with Gasteiger partial charge in [0.25, 0.3) is 0 Å². The fourth-order valence-electron chi connectivity index (χ4n) is 6.74. The number of hydrogen-bond donors (Lipinski definition) is 3. The van der Waals surface area contributed by atoms with Crippen LogP contribution in [0.3, 0.4) is 0 Å². The third kappa shape index (κ3) is 5.55. The molecule has 2 aliphatic heterocycles. The number of fused-ring (bicyclic) bond motifs is 3. The Hall–Kier alpha value is -3.13. The molecule has 1 aromatic carbocycles. The van der Waals surface area contributed by atoms with Crippen molar-refractivity contribution in [2.45, 2.75) is 98.5 Å². The topological polar surface area (TPSA) is 122 Å². The number of aromatic hydroxyl groups is 2. The molecule has 224 valence electrons. The molecule has 0 saturated carbocycles. The molecule has 0 radical (unpaired) electrons. The lowest BCUT2D eigenvalue weighted by atomic mass is 9.70. The number of allylic oxidation sites excluding steroid dienone is 4. The highest BCUT2D eigenvalue weighted by Crippen LogP contribution is 2.57. The van der Waals surface area contributed by atoms with E-state index in [0.717, 1.165) is 38.7 Å². The molecular formula is C33H45NO7. The number of nitrogens with one attached hydrogen (secondary N) is 1. The second-order valence-electron chi connectivity index (χ2n) is 13.2. The smallest absolute Gasteiger partial charge is 0.194 e. The van der Waals surface area contributed by atoms with E-state index in [1.165, 1.54) is 19.9 Å². The van der Waals surface area contributed by atoms with Gasteiger partial charge in [-0.2, -0.15) is 0 Å². The first kappa shape index (κ1) is 30.8. The summed E-state index contributed by atoms with van der Waals surface area (Å²) in [6.45, 7) is 16.2. The molecule has 3 aliphatic rings. The van der Waals surface area contributed by atoms with Crippen LogP contribution in [0, 0.1) is 24.7 Å². The predicted molar refractivity (Wildman–Crippen MR) is 156 cm³/mol. The third-order valence-electron chi connectivity index (χ3n) is 9.18. The first-order chi connectivity index (χ1) is 19.1. The summed E-state index contributed by atoms with van der Waals surface area (Å²) in [5.74, 6) is -0.572. The van der Waals surface area contributed by atoms with Gasteiger partial charge in [0.05, 0.1) is 16.7 Å². The molecule has 0 amide bonds. The molecule has 0 spiro atoms. The Balaban J connectivity index is 1.61. The summed E-state index contributed by atoms with van der Waals surface area (Å²) < 4.78 is 11.8. The average molecular weight is 568 g/mol. The SMILES string of the molecule is CC(=O)c1c(O)c(C)c(O)c2c1OC1=CC(=O)/C(=C(/C)NCC[C@@H](CCC(C)C)[C@H]3CCOC(C)(C)C3)C(=O)[C@@]12C. The number of rotatable bonds is 9. The monoisotopic (exact) mass is 567 g/mol. The Morgan fingerprint density at radius 3 is 2.39 bits per heavy atom. The molecule has 8 heteroatoms. The highest BCUT2D eigenvalue weighted by molar-refractivity contribution is 6.31. The molecule has 1 saturated heterocycles. The van der Waals surface area contributed by atoms with Gasteiger partial charge in [-0.1, -0.05) is 20.3 Å². The largest absolute Gasteiger partial charge is 0.507 e. The van der Waals surface area contributed by atoms with E-state index in [4.69, 9.17) is 9.47 Å². The maximum absolute atomic E-state index is 14.1. The number of carbonyl (C=O) groups is 3. The minimum atomic E-state index is -1.51. The van der Waals surface area contributed by atoms with Crippen molar-refractivity contribution in [3.63, 3.8) is 0 Å². The highest BCUT2D eigenvalue weighted by atomic mass is 16.5. The summed E-state index contributed by atoms with van der Waals surface area (Å²) in [7, 11) is 0. The van der Waals surface area contributed by atoms with Crippen LogP contribution in [-0.4, -0.2) is 46.3 Å². The van der Waals surface area contributed by atoms with Gasteiger partial charge < -0.3 is 25.0 Å². The minimum Gasteiger partial charge on any atom is -0.507 e. The van der Waals surface area contributed by atoms with Gasteiger partial charge in [0.15, 0.2) is 17.3 Å². The van der Waals surface area contributed by atoms with Crippen LogP contribution in [0.2, 0.25) is 0 Å². The standard InChI is InChI=1S/C33H45NO7/c1-17(2)9-10-21(22-12-14-40-32(6,7)16-22)11-13-34-19(4)25-23(36)15-24-33(8,31(25)39)27-29(38)18(3)28(37)26(20(5)35)30(27)41-24/h15,17,21-22,34,37-38H,9-14,16H2,1-8H3/b25-19+/t21-,22+,33+/m1/s1. The summed E-state index contributed by atoms with van der Waals surface area (Å²) in [4.78, 5) is 39.7. The number of phenols is 2. The van der Waals surface area contributed by atoms with Crippen LogP contribution < -0.4 is 10.1 Å². The molecule has 0 bridgehead atoms. The molecule has 41 heavy (non-hydrogen) atoms. The lowest BCUT2D eigenvalue weighted by Gasteiger charge is -2.39. The number of phenolic OH excluding ortho intramolecular Hbond substituents is 2. The molecule has 8 nitrogen and oxygen atoms in total. The third-order valence-corrected chi connectivity index (χ3v) is 9.18. The van der Waals surface area contributed by atoms with Gasteiger partial charge in [-0.3, -0.25) is 14.4 Å². The van der Waals surface area contributed by atoms with Gasteiger partial charge in [-0.15, -0.1) is 0 Å². The van der Waals surface area contributed by atoms with Crippen molar-refractivity contribution in [3.05, 3.63) is 39.8 Å². The van der Waals surface area contributed by atoms with Gasteiger partial charge in [0, 0.05) is 30.5 Å².